The molecule has 2 heterocycles. The van der Waals surface area contributed by atoms with Crippen LogP contribution in [-0.4, -0.2) is 19.3 Å². The number of hydrogen-bond acceptors (Lipinski definition) is 3. The molecule has 0 amide bonds. The molecule has 1 N–H and O–H groups in total. The fraction of sp³-hybridized carbons (Fsp3) is 0.533. The second-order valence-corrected chi connectivity index (χ2v) is 5.62. The summed E-state index contributed by atoms with van der Waals surface area (Å²) < 4.78 is 3.53. The van der Waals surface area contributed by atoms with E-state index in [1.54, 1.807) is 6.20 Å². The maximum absolute atomic E-state index is 11.8. The summed E-state index contributed by atoms with van der Waals surface area (Å²) >= 11 is 0. The van der Waals surface area contributed by atoms with Crippen LogP contribution in [-0.2, 0) is 13.0 Å². The lowest BCUT2D eigenvalue weighted by molar-refractivity contribution is 0.461. The van der Waals surface area contributed by atoms with E-state index in [-0.39, 0.29) is 11.2 Å². The zero-order valence-electron chi connectivity index (χ0n) is 12.2. The van der Waals surface area contributed by atoms with Crippen molar-refractivity contribution in [3.05, 3.63) is 50.6 Å². The van der Waals surface area contributed by atoms with E-state index < -0.39 is 0 Å². The second-order valence-electron chi connectivity index (χ2n) is 5.62. The first kappa shape index (κ1) is 13.9. The zero-order valence-corrected chi connectivity index (χ0v) is 12.2. The molecule has 2 aromatic heterocycles. The maximum atomic E-state index is 11.8. The van der Waals surface area contributed by atoms with E-state index in [9.17, 15) is 9.59 Å². The van der Waals surface area contributed by atoms with Crippen molar-refractivity contribution >= 4 is 0 Å². The van der Waals surface area contributed by atoms with E-state index >= 15 is 0 Å². The third kappa shape index (κ3) is 2.84. The van der Waals surface area contributed by atoms with Gasteiger partial charge in [-0.3, -0.25) is 19.0 Å². The first-order chi connectivity index (χ1) is 10.2. The first-order valence-electron chi connectivity index (χ1n) is 7.54. The number of aryl methyl sites for hydroxylation is 1. The van der Waals surface area contributed by atoms with E-state index in [1.807, 2.05) is 23.9 Å². The fourth-order valence-electron chi connectivity index (χ4n) is 2.93. The molecule has 0 aromatic carbocycles. The monoisotopic (exact) mass is 288 g/mol. The van der Waals surface area contributed by atoms with E-state index in [4.69, 9.17) is 0 Å². The van der Waals surface area contributed by atoms with Gasteiger partial charge in [-0.05, 0) is 25.3 Å². The van der Waals surface area contributed by atoms with Crippen LogP contribution in [0.5, 0.6) is 0 Å². The molecule has 0 aliphatic heterocycles. The molecule has 0 bridgehead atoms. The van der Waals surface area contributed by atoms with Crippen LogP contribution >= 0.6 is 0 Å². The van der Waals surface area contributed by atoms with Crippen molar-refractivity contribution in [1.82, 2.24) is 19.3 Å². The highest BCUT2D eigenvalue weighted by Gasteiger charge is 2.17. The summed E-state index contributed by atoms with van der Waals surface area (Å²) in [6, 6.07) is 2.44. The summed E-state index contributed by atoms with van der Waals surface area (Å²) in [6.07, 6.45) is 9.11. The smallest absolute Gasteiger partial charge is 0.294 e. The average molecular weight is 288 g/mol. The Balaban J connectivity index is 1.83. The van der Waals surface area contributed by atoms with Crippen molar-refractivity contribution in [3.63, 3.8) is 0 Å². The van der Waals surface area contributed by atoms with Crippen molar-refractivity contribution in [2.24, 2.45) is 0 Å². The molecule has 112 valence electrons. The summed E-state index contributed by atoms with van der Waals surface area (Å²) in [5, 5.41) is 4.57. The largest absolute Gasteiger partial charge is 0.328 e. The summed E-state index contributed by atoms with van der Waals surface area (Å²) in [7, 11) is 0. The number of hydrogen-bond donors (Lipinski definition) is 1. The van der Waals surface area contributed by atoms with Crippen LogP contribution in [0, 0.1) is 0 Å². The Morgan fingerprint density at radius 1 is 1.33 bits per heavy atom. The van der Waals surface area contributed by atoms with Gasteiger partial charge >= 0.3 is 5.69 Å². The summed E-state index contributed by atoms with van der Waals surface area (Å²) in [5.74, 6) is 0. The predicted molar refractivity (Wildman–Crippen MR) is 79.5 cm³/mol. The van der Waals surface area contributed by atoms with Crippen molar-refractivity contribution in [2.75, 3.05) is 0 Å². The van der Waals surface area contributed by atoms with Gasteiger partial charge in [-0.1, -0.05) is 19.8 Å². The van der Waals surface area contributed by atoms with Gasteiger partial charge in [0.05, 0.1) is 18.3 Å². The summed E-state index contributed by atoms with van der Waals surface area (Å²) in [6.45, 7) is 2.29. The lowest BCUT2D eigenvalue weighted by atomic mass is 10.2. The van der Waals surface area contributed by atoms with Crippen LogP contribution in [0.3, 0.4) is 0 Å². The molecular weight excluding hydrogens is 268 g/mol. The number of nitrogens with zero attached hydrogens (tertiary/aromatic N) is 3. The Morgan fingerprint density at radius 3 is 2.81 bits per heavy atom. The molecule has 0 radical (unpaired) electrons. The molecule has 1 fully saturated rings. The van der Waals surface area contributed by atoms with Gasteiger partial charge in [-0.2, -0.15) is 5.10 Å². The number of aromatic amines is 1. The predicted octanol–water partition coefficient (Wildman–Crippen LogP) is 1.46. The van der Waals surface area contributed by atoms with E-state index in [0.29, 0.717) is 24.6 Å². The molecule has 6 heteroatoms. The Hall–Kier alpha value is -2.11. The fourth-order valence-corrected chi connectivity index (χ4v) is 2.93. The minimum absolute atomic E-state index is 0.296. The highest BCUT2D eigenvalue weighted by molar-refractivity contribution is 5.07. The minimum Gasteiger partial charge on any atom is -0.294 e. The number of aromatic nitrogens is 4. The van der Waals surface area contributed by atoms with E-state index in [1.165, 1.54) is 30.3 Å². The number of rotatable bonds is 4. The molecule has 21 heavy (non-hydrogen) atoms. The van der Waals surface area contributed by atoms with Crippen LogP contribution in [0.4, 0.5) is 0 Å². The van der Waals surface area contributed by atoms with Gasteiger partial charge in [0.1, 0.15) is 0 Å². The SMILES string of the molecule is CCc1cn(Cc2ccn(C3CCCC3)n2)c(=O)[nH]c1=O. The molecular formula is C15H20N4O2. The molecule has 1 aliphatic carbocycles. The third-order valence-corrected chi connectivity index (χ3v) is 4.16. The summed E-state index contributed by atoms with van der Waals surface area (Å²) in [5.41, 5.74) is 0.783. The van der Waals surface area contributed by atoms with Gasteiger partial charge in [-0.25, -0.2) is 4.79 Å². The lowest BCUT2D eigenvalue weighted by Crippen LogP contribution is -2.32. The normalized spacial score (nSPS) is 15.7. The maximum Gasteiger partial charge on any atom is 0.328 e. The van der Waals surface area contributed by atoms with Crippen LogP contribution in [0.1, 0.15) is 49.9 Å². The van der Waals surface area contributed by atoms with Crippen molar-refractivity contribution in [2.45, 2.75) is 51.6 Å². The molecule has 1 saturated carbocycles. The molecule has 2 aromatic rings. The third-order valence-electron chi connectivity index (χ3n) is 4.16. The Kier molecular flexibility index (Phi) is 3.77. The van der Waals surface area contributed by atoms with Crippen LogP contribution in [0.15, 0.2) is 28.0 Å². The van der Waals surface area contributed by atoms with Gasteiger partial charge < -0.3 is 0 Å². The van der Waals surface area contributed by atoms with E-state index in [2.05, 4.69) is 10.1 Å². The van der Waals surface area contributed by atoms with Gasteiger partial charge in [0.15, 0.2) is 0 Å². The molecule has 0 atom stereocenters. The van der Waals surface area contributed by atoms with Crippen molar-refractivity contribution in [1.29, 1.82) is 0 Å². The molecule has 6 nitrogen and oxygen atoms in total. The van der Waals surface area contributed by atoms with Crippen LogP contribution in [0.2, 0.25) is 0 Å². The highest BCUT2D eigenvalue weighted by atomic mass is 16.2. The van der Waals surface area contributed by atoms with Gasteiger partial charge in [0.25, 0.3) is 5.56 Å². The molecule has 3 rings (SSSR count). The highest BCUT2D eigenvalue weighted by Crippen LogP contribution is 2.28. The molecule has 0 unspecified atom stereocenters. The van der Waals surface area contributed by atoms with E-state index in [0.717, 1.165) is 5.69 Å². The molecule has 1 aliphatic rings. The van der Waals surface area contributed by atoms with Gasteiger partial charge in [0, 0.05) is 18.0 Å². The standard InChI is InChI=1S/C15H20N4O2/c1-2-11-9-18(15(21)16-14(11)20)10-12-7-8-19(17-12)13-5-3-4-6-13/h7-9,13H,2-6,10H2,1H3,(H,16,20,21). The topological polar surface area (TPSA) is 72.7 Å². The minimum atomic E-state index is -0.382. The lowest BCUT2D eigenvalue weighted by Gasteiger charge is -2.09. The number of nitrogens with one attached hydrogen (secondary N) is 1. The average Bonchev–Trinajstić information content (AvgIpc) is 3.12. The second kappa shape index (κ2) is 5.71. The van der Waals surface area contributed by atoms with Gasteiger partial charge in [-0.15, -0.1) is 0 Å². The quantitative estimate of drug-likeness (QED) is 0.925. The summed E-state index contributed by atoms with van der Waals surface area (Å²) in [4.78, 5) is 25.8. The van der Waals surface area contributed by atoms with Crippen molar-refractivity contribution in [3.8, 4) is 0 Å². The number of H-pyrrole nitrogens is 1. The van der Waals surface area contributed by atoms with Crippen molar-refractivity contribution < 1.29 is 0 Å². The molecule has 0 spiro atoms. The molecule has 0 saturated heterocycles. The Bertz CT molecular complexity index is 735. The van der Waals surface area contributed by atoms with Crippen LogP contribution < -0.4 is 11.2 Å². The Morgan fingerprint density at radius 2 is 2.10 bits per heavy atom. The zero-order chi connectivity index (χ0) is 14.8. The van der Waals surface area contributed by atoms with Crippen LogP contribution in [0.25, 0.3) is 0 Å². The van der Waals surface area contributed by atoms with Gasteiger partial charge in [0.2, 0.25) is 0 Å². The Labute approximate surface area is 122 Å². The first-order valence-corrected chi connectivity index (χ1v) is 7.54.